The first kappa shape index (κ1) is 10.9. The van der Waals surface area contributed by atoms with Gasteiger partial charge in [0.2, 0.25) is 0 Å². The third-order valence-corrected chi connectivity index (χ3v) is 1.88. The maximum absolute atomic E-state index is 10.8. The fourth-order valence-electron chi connectivity index (χ4n) is 1.23. The van der Waals surface area contributed by atoms with Gasteiger partial charge in [-0.05, 0) is 19.1 Å². The number of nitriles is 1. The van der Waals surface area contributed by atoms with Crippen molar-refractivity contribution in [3.8, 4) is 11.8 Å². The van der Waals surface area contributed by atoms with Gasteiger partial charge in [0.15, 0.2) is 12.6 Å². The van der Waals surface area contributed by atoms with Crippen LogP contribution in [0.15, 0.2) is 12.1 Å². The predicted molar refractivity (Wildman–Crippen MR) is 53.1 cm³/mol. The largest absolute Gasteiger partial charge is 0.492 e. The molecular formula is C11H9NO3. The lowest BCUT2D eigenvalue weighted by Crippen LogP contribution is -2.02. The highest BCUT2D eigenvalue weighted by molar-refractivity contribution is 5.94. The summed E-state index contributed by atoms with van der Waals surface area (Å²) in [6.45, 7) is 2.07. The molecule has 0 aliphatic rings. The van der Waals surface area contributed by atoms with Crippen LogP contribution in [0.2, 0.25) is 0 Å². The van der Waals surface area contributed by atoms with Gasteiger partial charge in [-0.3, -0.25) is 9.59 Å². The smallest absolute Gasteiger partial charge is 0.154 e. The molecule has 0 fully saturated rings. The lowest BCUT2D eigenvalue weighted by molar-refractivity contribution is 0.109. The van der Waals surface area contributed by atoms with E-state index in [0.29, 0.717) is 19.2 Å². The number of rotatable bonds is 4. The van der Waals surface area contributed by atoms with Gasteiger partial charge in [0, 0.05) is 5.56 Å². The van der Waals surface area contributed by atoms with Crippen LogP contribution >= 0.6 is 0 Å². The normalized spacial score (nSPS) is 9.07. The van der Waals surface area contributed by atoms with Gasteiger partial charge in [-0.2, -0.15) is 5.26 Å². The number of carbonyl (C=O) groups excluding carboxylic acids is 2. The van der Waals surface area contributed by atoms with E-state index in [-0.39, 0.29) is 22.4 Å². The first-order valence-electron chi connectivity index (χ1n) is 4.38. The summed E-state index contributed by atoms with van der Waals surface area (Å²) in [5.41, 5.74) is 0.614. The molecule has 4 nitrogen and oxygen atoms in total. The van der Waals surface area contributed by atoms with Crippen molar-refractivity contribution in [2.24, 2.45) is 0 Å². The average Bonchev–Trinajstić information content (AvgIpc) is 2.28. The van der Waals surface area contributed by atoms with Crippen LogP contribution < -0.4 is 4.74 Å². The topological polar surface area (TPSA) is 67.2 Å². The molecule has 0 saturated heterocycles. The third kappa shape index (κ3) is 2.02. The standard InChI is InChI=1S/C11H9NO3/c1-2-15-11-8(5-12)3-4-9(6-13)10(11)7-14/h3-4,6-7H,2H2,1H3. The number of hydrogen-bond donors (Lipinski definition) is 0. The van der Waals surface area contributed by atoms with Crippen LogP contribution in [0.1, 0.15) is 33.2 Å². The van der Waals surface area contributed by atoms with E-state index >= 15 is 0 Å². The average molecular weight is 203 g/mol. The van der Waals surface area contributed by atoms with Gasteiger partial charge in [-0.25, -0.2) is 0 Å². The summed E-state index contributed by atoms with van der Waals surface area (Å²) in [4.78, 5) is 21.4. The second-order valence-electron chi connectivity index (χ2n) is 2.73. The van der Waals surface area contributed by atoms with E-state index in [1.54, 1.807) is 6.92 Å². The quantitative estimate of drug-likeness (QED) is 0.697. The maximum Gasteiger partial charge on any atom is 0.154 e. The molecular weight excluding hydrogens is 194 g/mol. The van der Waals surface area contributed by atoms with Crippen molar-refractivity contribution in [1.82, 2.24) is 0 Å². The Balaban J connectivity index is 3.45. The molecule has 76 valence electrons. The van der Waals surface area contributed by atoms with E-state index in [0.717, 1.165) is 0 Å². The molecule has 0 saturated carbocycles. The van der Waals surface area contributed by atoms with Gasteiger partial charge in [0.1, 0.15) is 11.8 Å². The first-order chi connectivity index (χ1) is 7.28. The fourth-order valence-corrected chi connectivity index (χ4v) is 1.23. The molecule has 0 bridgehead atoms. The highest BCUT2D eigenvalue weighted by Gasteiger charge is 2.13. The minimum Gasteiger partial charge on any atom is -0.492 e. The van der Waals surface area contributed by atoms with Gasteiger partial charge in [-0.1, -0.05) is 0 Å². The van der Waals surface area contributed by atoms with Crippen LogP contribution in [0.25, 0.3) is 0 Å². The monoisotopic (exact) mass is 203 g/mol. The van der Waals surface area contributed by atoms with Gasteiger partial charge in [0.25, 0.3) is 0 Å². The number of aldehydes is 2. The third-order valence-electron chi connectivity index (χ3n) is 1.88. The lowest BCUT2D eigenvalue weighted by atomic mass is 10.0. The molecule has 0 amide bonds. The van der Waals surface area contributed by atoms with Crippen LogP contribution in [0, 0.1) is 11.3 Å². The van der Waals surface area contributed by atoms with Crippen molar-refractivity contribution in [3.63, 3.8) is 0 Å². The van der Waals surface area contributed by atoms with E-state index in [9.17, 15) is 9.59 Å². The molecule has 0 spiro atoms. The first-order valence-corrected chi connectivity index (χ1v) is 4.38. The fraction of sp³-hybridized carbons (Fsp3) is 0.182. The van der Waals surface area contributed by atoms with Crippen molar-refractivity contribution in [3.05, 3.63) is 28.8 Å². The Bertz CT molecular complexity index is 432. The Hall–Kier alpha value is -2.15. The number of nitrogens with zero attached hydrogens (tertiary/aromatic N) is 1. The second kappa shape index (κ2) is 4.91. The lowest BCUT2D eigenvalue weighted by Gasteiger charge is -2.09. The predicted octanol–water partition coefficient (Wildman–Crippen LogP) is 1.58. The van der Waals surface area contributed by atoms with Crippen LogP contribution in [-0.4, -0.2) is 19.2 Å². The maximum atomic E-state index is 10.8. The molecule has 1 rings (SSSR count). The summed E-state index contributed by atoms with van der Waals surface area (Å²) in [5, 5.41) is 8.79. The van der Waals surface area contributed by atoms with Crippen molar-refractivity contribution >= 4 is 12.6 Å². The molecule has 0 aliphatic carbocycles. The van der Waals surface area contributed by atoms with E-state index in [1.165, 1.54) is 12.1 Å². The number of carbonyl (C=O) groups is 2. The molecule has 4 heteroatoms. The van der Waals surface area contributed by atoms with Crippen molar-refractivity contribution < 1.29 is 14.3 Å². The summed E-state index contributed by atoms with van der Waals surface area (Å²) in [5.74, 6) is 0.180. The van der Waals surface area contributed by atoms with Crippen molar-refractivity contribution in [1.29, 1.82) is 5.26 Å². The zero-order valence-corrected chi connectivity index (χ0v) is 8.19. The van der Waals surface area contributed by atoms with Crippen LogP contribution in [0.5, 0.6) is 5.75 Å². The number of hydrogen-bond acceptors (Lipinski definition) is 4. The van der Waals surface area contributed by atoms with Gasteiger partial charge < -0.3 is 4.74 Å². The molecule has 0 aliphatic heterocycles. The molecule has 1 aromatic carbocycles. The Kier molecular flexibility index (Phi) is 3.58. The molecule has 0 radical (unpaired) electrons. The van der Waals surface area contributed by atoms with Crippen LogP contribution in [0.4, 0.5) is 0 Å². The molecule has 15 heavy (non-hydrogen) atoms. The Morgan fingerprint density at radius 1 is 1.40 bits per heavy atom. The summed E-state index contributed by atoms with van der Waals surface area (Å²) in [6.07, 6.45) is 1.09. The summed E-state index contributed by atoms with van der Waals surface area (Å²) < 4.78 is 5.18. The molecule has 0 unspecified atom stereocenters. The Morgan fingerprint density at radius 3 is 2.60 bits per heavy atom. The van der Waals surface area contributed by atoms with Crippen molar-refractivity contribution in [2.75, 3.05) is 6.61 Å². The van der Waals surface area contributed by atoms with Gasteiger partial charge in [-0.15, -0.1) is 0 Å². The minimum atomic E-state index is 0.130. The minimum absolute atomic E-state index is 0.130. The number of ether oxygens (including phenoxy) is 1. The molecule has 0 aromatic heterocycles. The van der Waals surface area contributed by atoms with E-state index in [2.05, 4.69) is 0 Å². The Morgan fingerprint density at radius 2 is 2.13 bits per heavy atom. The summed E-state index contributed by atoms with van der Waals surface area (Å²) >= 11 is 0. The zero-order valence-electron chi connectivity index (χ0n) is 8.19. The highest BCUT2D eigenvalue weighted by atomic mass is 16.5. The Labute approximate surface area is 87.1 Å². The summed E-state index contributed by atoms with van der Waals surface area (Å²) in [6, 6.07) is 4.80. The zero-order chi connectivity index (χ0) is 11.3. The molecule has 0 atom stereocenters. The molecule has 1 aromatic rings. The van der Waals surface area contributed by atoms with Gasteiger partial charge >= 0.3 is 0 Å². The SMILES string of the molecule is CCOc1c(C#N)ccc(C=O)c1C=O. The highest BCUT2D eigenvalue weighted by Crippen LogP contribution is 2.24. The summed E-state index contributed by atoms with van der Waals surface area (Å²) in [7, 11) is 0. The second-order valence-corrected chi connectivity index (χ2v) is 2.73. The van der Waals surface area contributed by atoms with E-state index in [1.807, 2.05) is 6.07 Å². The van der Waals surface area contributed by atoms with E-state index < -0.39 is 0 Å². The van der Waals surface area contributed by atoms with Crippen molar-refractivity contribution in [2.45, 2.75) is 6.92 Å². The van der Waals surface area contributed by atoms with Crippen LogP contribution in [0.3, 0.4) is 0 Å². The van der Waals surface area contributed by atoms with E-state index in [4.69, 9.17) is 10.00 Å². The van der Waals surface area contributed by atoms with Gasteiger partial charge in [0.05, 0.1) is 17.7 Å². The van der Waals surface area contributed by atoms with Crippen LogP contribution in [-0.2, 0) is 0 Å². The molecule has 0 N–H and O–H groups in total. The molecule has 0 heterocycles. The number of benzene rings is 1.